The lowest BCUT2D eigenvalue weighted by Gasteiger charge is -2.11. The Morgan fingerprint density at radius 1 is 1.14 bits per heavy atom. The van der Waals surface area contributed by atoms with Crippen LogP contribution in [0, 0.1) is 24.0 Å². The molecule has 0 heterocycles. The molecule has 0 aliphatic rings. The van der Waals surface area contributed by atoms with Gasteiger partial charge in [-0.3, -0.25) is 10.1 Å². The van der Waals surface area contributed by atoms with Crippen molar-refractivity contribution >= 4 is 43.2 Å². The van der Waals surface area contributed by atoms with E-state index in [1.54, 1.807) is 6.07 Å². The minimum atomic E-state index is -0.361. The third-order valence-corrected chi connectivity index (χ3v) is 4.91. The number of hydrogen-bond donors (Lipinski definition) is 1. The number of nitro groups is 1. The van der Waals surface area contributed by atoms with Crippen molar-refractivity contribution in [1.82, 2.24) is 0 Å². The first-order valence-electron chi connectivity index (χ1n) is 6.32. The number of nitrogens with zero attached hydrogens (tertiary/aromatic N) is 1. The fourth-order valence-electron chi connectivity index (χ4n) is 2.10. The second-order valence-electron chi connectivity index (χ2n) is 4.81. The van der Waals surface area contributed by atoms with Crippen molar-refractivity contribution in [1.29, 1.82) is 0 Å². The number of anilines is 1. The van der Waals surface area contributed by atoms with E-state index in [0.29, 0.717) is 16.6 Å². The van der Waals surface area contributed by atoms with Gasteiger partial charge < -0.3 is 5.32 Å². The van der Waals surface area contributed by atoms with Crippen molar-refractivity contribution in [3.63, 3.8) is 0 Å². The Bertz CT molecular complexity index is 679. The second-order valence-corrected chi connectivity index (χ2v) is 6.52. The van der Waals surface area contributed by atoms with Gasteiger partial charge >= 0.3 is 0 Å². The van der Waals surface area contributed by atoms with Gasteiger partial charge in [-0.1, -0.05) is 31.9 Å². The number of hydrogen-bond acceptors (Lipinski definition) is 3. The Kier molecular flexibility index (Phi) is 5.00. The topological polar surface area (TPSA) is 55.2 Å². The third kappa shape index (κ3) is 3.83. The van der Waals surface area contributed by atoms with Crippen molar-refractivity contribution in [2.45, 2.75) is 20.4 Å². The molecule has 0 amide bonds. The molecule has 2 aromatic carbocycles. The Balaban J connectivity index is 2.22. The van der Waals surface area contributed by atoms with Gasteiger partial charge in [0.2, 0.25) is 0 Å². The average Bonchev–Trinajstić information content (AvgIpc) is 2.43. The Morgan fingerprint density at radius 3 is 2.33 bits per heavy atom. The molecule has 0 atom stereocenters. The maximum Gasteiger partial charge on any atom is 0.275 e. The van der Waals surface area contributed by atoms with E-state index < -0.39 is 0 Å². The zero-order valence-electron chi connectivity index (χ0n) is 11.6. The van der Waals surface area contributed by atoms with Crippen LogP contribution in [0.5, 0.6) is 0 Å². The van der Waals surface area contributed by atoms with Gasteiger partial charge in [0.1, 0.15) is 0 Å². The molecule has 2 rings (SSSR count). The molecule has 0 spiro atoms. The number of rotatable bonds is 4. The number of benzene rings is 2. The number of nitro benzene ring substituents is 1. The Hall–Kier alpha value is -1.40. The van der Waals surface area contributed by atoms with E-state index in [1.807, 2.05) is 32.0 Å². The molecule has 0 bridgehead atoms. The summed E-state index contributed by atoms with van der Waals surface area (Å²) in [7, 11) is 0. The molecule has 0 radical (unpaired) electrons. The monoisotopic (exact) mass is 412 g/mol. The summed E-state index contributed by atoms with van der Waals surface area (Å²) in [6, 6.07) is 9.12. The summed E-state index contributed by atoms with van der Waals surface area (Å²) in [6.07, 6.45) is 0. The number of halogens is 2. The lowest BCUT2D eigenvalue weighted by Crippen LogP contribution is -2.03. The zero-order valence-corrected chi connectivity index (χ0v) is 14.8. The van der Waals surface area contributed by atoms with E-state index in [2.05, 4.69) is 37.2 Å². The summed E-state index contributed by atoms with van der Waals surface area (Å²) >= 11 is 6.78. The highest BCUT2D eigenvalue weighted by atomic mass is 79.9. The van der Waals surface area contributed by atoms with Gasteiger partial charge in [-0.15, -0.1) is 0 Å². The zero-order chi connectivity index (χ0) is 15.6. The van der Waals surface area contributed by atoms with Gasteiger partial charge in [-0.2, -0.15) is 0 Å². The maximum absolute atomic E-state index is 11.1. The first-order valence-corrected chi connectivity index (χ1v) is 7.90. The summed E-state index contributed by atoms with van der Waals surface area (Å²) in [5, 5.41) is 14.3. The highest BCUT2D eigenvalue weighted by molar-refractivity contribution is 9.10. The molecule has 0 saturated carbocycles. The average molecular weight is 414 g/mol. The molecule has 110 valence electrons. The van der Waals surface area contributed by atoms with Crippen molar-refractivity contribution in [2.75, 3.05) is 5.32 Å². The molecule has 1 N–H and O–H groups in total. The molecule has 2 aromatic rings. The van der Waals surface area contributed by atoms with Crippen LogP contribution in [-0.4, -0.2) is 4.92 Å². The highest BCUT2D eigenvalue weighted by Crippen LogP contribution is 2.27. The van der Waals surface area contributed by atoms with Gasteiger partial charge in [0.05, 0.1) is 4.92 Å². The van der Waals surface area contributed by atoms with Crippen LogP contribution >= 0.6 is 31.9 Å². The van der Waals surface area contributed by atoms with Crippen LogP contribution in [0.25, 0.3) is 0 Å². The molecule has 4 nitrogen and oxygen atoms in total. The van der Waals surface area contributed by atoms with E-state index in [4.69, 9.17) is 0 Å². The normalized spacial score (nSPS) is 10.5. The van der Waals surface area contributed by atoms with E-state index >= 15 is 0 Å². The minimum absolute atomic E-state index is 0.113. The lowest BCUT2D eigenvalue weighted by atomic mass is 10.1. The molecule has 0 aliphatic carbocycles. The molecule has 0 fully saturated rings. The summed E-state index contributed by atoms with van der Waals surface area (Å²) in [4.78, 5) is 10.7. The van der Waals surface area contributed by atoms with Crippen LogP contribution in [0.4, 0.5) is 11.4 Å². The van der Waals surface area contributed by atoms with E-state index in [0.717, 1.165) is 21.3 Å². The van der Waals surface area contributed by atoms with Crippen molar-refractivity contribution < 1.29 is 4.92 Å². The Labute approximate surface area is 140 Å². The van der Waals surface area contributed by atoms with Crippen molar-refractivity contribution in [2.24, 2.45) is 0 Å². The molecule has 21 heavy (non-hydrogen) atoms. The second kappa shape index (κ2) is 6.58. The summed E-state index contributed by atoms with van der Waals surface area (Å²) in [6.45, 7) is 4.44. The molecule has 0 saturated heterocycles. The van der Waals surface area contributed by atoms with Gasteiger partial charge in [0.15, 0.2) is 0 Å². The largest absolute Gasteiger partial charge is 0.381 e. The first-order chi connectivity index (χ1) is 9.88. The predicted octanol–water partition coefficient (Wildman–Crippen LogP) is 5.35. The van der Waals surface area contributed by atoms with Crippen LogP contribution in [0.1, 0.15) is 16.7 Å². The van der Waals surface area contributed by atoms with E-state index in [-0.39, 0.29) is 10.6 Å². The molecule has 0 unspecified atom stereocenters. The van der Waals surface area contributed by atoms with E-state index in [9.17, 15) is 10.1 Å². The fraction of sp³-hybridized carbons (Fsp3) is 0.200. The minimum Gasteiger partial charge on any atom is -0.381 e. The molecule has 0 aliphatic heterocycles. The van der Waals surface area contributed by atoms with Crippen LogP contribution in [0.15, 0.2) is 39.3 Å². The standard InChI is InChI=1S/C15H14Br2N2O2/c1-9-5-13(6-10(2)15(9)17)18-8-11-3-4-12(16)7-14(11)19(20)21/h3-7,18H,8H2,1-2H3. The van der Waals surface area contributed by atoms with Crippen LogP contribution in [0.3, 0.4) is 0 Å². The van der Waals surface area contributed by atoms with Gasteiger partial charge in [-0.05, 0) is 49.2 Å². The highest BCUT2D eigenvalue weighted by Gasteiger charge is 2.14. The summed E-state index contributed by atoms with van der Waals surface area (Å²) < 4.78 is 1.79. The number of aryl methyl sites for hydroxylation is 2. The summed E-state index contributed by atoms with van der Waals surface area (Å²) in [5.41, 5.74) is 3.97. The summed E-state index contributed by atoms with van der Waals surface area (Å²) in [5.74, 6) is 0. The van der Waals surface area contributed by atoms with Crippen LogP contribution in [0.2, 0.25) is 0 Å². The fourth-order valence-corrected chi connectivity index (χ4v) is 2.68. The third-order valence-electron chi connectivity index (χ3n) is 3.16. The van der Waals surface area contributed by atoms with E-state index in [1.165, 1.54) is 6.07 Å². The van der Waals surface area contributed by atoms with Crippen LogP contribution < -0.4 is 5.32 Å². The first kappa shape index (κ1) is 16.0. The smallest absolute Gasteiger partial charge is 0.275 e. The van der Waals surface area contributed by atoms with Gasteiger partial charge in [0.25, 0.3) is 5.69 Å². The predicted molar refractivity (Wildman–Crippen MR) is 91.7 cm³/mol. The molecule has 6 heteroatoms. The maximum atomic E-state index is 11.1. The van der Waals surface area contributed by atoms with Crippen LogP contribution in [-0.2, 0) is 6.54 Å². The van der Waals surface area contributed by atoms with Gasteiger partial charge in [-0.25, -0.2) is 0 Å². The quantitative estimate of drug-likeness (QED) is 0.542. The lowest BCUT2D eigenvalue weighted by molar-refractivity contribution is -0.385. The molecule has 0 aromatic heterocycles. The molecular weight excluding hydrogens is 400 g/mol. The Morgan fingerprint density at radius 2 is 1.76 bits per heavy atom. The van der Waals surface area contributed by atoms with Crippen molar-refractivity contribution in [3.05, 3.63) is 66.1 Å². The van der Waals surface area contributed by atoms with Gasteiger partial charge in [0, 0.05) is 32.8 Å². The van der Waals surface area contributed by atoms with Crippen molar-refractivity contribution in [3.8, 4) is 0 Å². The molecular formula is C15H14Br2N2O2. The number of nitrogens with one attached hydrogen (secondary N) is 1. The SMILES string of the molecule is Cc1cc(NCc2ccc(Br)cc2[N+](=O)[O-])cc(C)c1Br.